The monoisotopic (exact) mass is 352 g/mol. The van der Waals surface area contributed by atoms with Crippen molar-refractivity contribution < 1.29 is 4.74 Å². The number of anilines is 2. The third-order valence-corrected chi connectivity index (χ3v) is 4.38. The zero-order valence-electron chi connectivity index (χ0n) is 15.1. The van der Waals surface area contributed by atoms with Crippen molar-refractivity contribution in [1.82, 2.24) is 34.3 Å². The lowest BCUT2D eigenvalue weighted by molar-refractivity contribution is 0.101. The van der Waals surface area contributed by atoms with Crippen LogP contribution in [0.2, 0.25) is 0 Å². The molecule has 0 fully saturated rings. The van der Waals surface area contributed by atoms with Gasteiger partial charge in [0.25, 0.3) is 0 Å². The fourth-order valence-corrected chi connectivity index (χ4v) is 2.82. The van der Waals surface area contributed by atoms with E-state index in [1.165, 1.54) is 6.33 Å². The molecular formula is C17H20N8O. The first-order valence-electron chi connectivity index (χ1n) is 8.35. The number of aromatic nitrogens is 7. The Kier molecular flexibility index (Phi) is 4.00. The van der Waals surface area contributed by atoms with Crippen molar-refractivity contribution in [3.05, 3.63) is 36.0 Å². The van der Waals surface area contributed by atoms with E-state index in [0.717, 1.165) is 33.6 Å². The average Bonchev–Trinajstić information content (AvgIpc) is 3.19. The van der Waals surface area contributed by atoms with Crippen LogP contribution in [0.3, 0.4) is 0 Å². The molecule has 1 atom stereocenters. The summed E-state index contributed by atoms with van der Waals surface area (Å²) >= 11 is 0. The number of pyridine rings is 1. The molecule has 9 nitrogen and oxygen atoms in total. The van der Waals surface area contributed by atoms with Crippen LogP contribution in [-0.2, 0) is 11.3 Å². The van der Waals surface area contributed by atoms with E-state index in [9.17, 15) is 0 Å². The van der Waals surface area contributed by atoms with Crippen LogP contribution in [-0.4, -0.2) is 47.6 Å². The maximum absolute atomic E-state index is 5.35. The lowest BCUT2D eigenvalue weighted by Crippen LogP contribution is -2.16. The Morgan fingerprint density at radius 1 is 1.27 bits per heavy atom. The number of methoxy groups -OCH3 is 1. The van der Waals surface area contributed by atoms with Crippen LogP contribution < -0.4 is 5.32 Å². The number of nitrogens with one attached hydrogen (secondary N) is 1. The van der Waals surface area contributed by atoms with Crippen LogP contribution in [0.1, 0.15) is 18.2 Å². The van der Waals surface area contributed by atoms with Crippen LogP contribution in [0.25, 0.3) is 16.7 Å². The van der Waals surface area contributed by atoms with Crippen LogP contribution in [0.15, 0.2) is 24.8 Å². The molecule has 4 heterocycles. The van der Waals surface area contributed by atoms with Gasteiger partial charge in [0.15, 0.2) is 11.3 Å². The first kappa shape index (κ1) is 16.4. The molecule has 0 radical (unpaired) electrons. The number of ether oxygens (including phenoxy) is 1. The minimum Gasteiger partial charge on any atom is -0.380 e. The molecule has 4 rings (SSSR count). The molecule has 0 bridgehead atoms. The van der Waals surface area contributed by atoms with E-state index in [0.29, 0.717) is 12.5 Å². The summed E-state index contributed by atoms with van der Waals surface area (Å²) in [6.07, 6.45) is 5.24. The zero-order chi connectivity index (χ0) is 18.3. The standard InChI is InChI=1S/C17H20N8O/c1-10-5-15-19-9-20-24(15)8-14(10)21-17-18-6-13-12(3)23-25(16(13)22-17)7-11(2)26-4/h5-6,8-9,11H,7H2,1-4H3,(H,18,21,22). The van der Waals surface area contributed by atoms with Crippen LogP contribution >= 0.6 is 0 Å². The highest BCUT2D eigenvalue weighted by atomic mass is 16.5. The summed E-state index contributed by atoms with van der Waals surface area (Å²) in [7, 11) is 1.69. The van der Waals surface area contributed by atoms with Gasteiger partial charge in [-0.25, -0.2) is 19.2 Å². The Bertz CT molecular complexity index is 1080. The summed E-state index contributed by atoms with van der Waals surface area (Å²) in [4.78, 5) is 13.3. The normalized spacial score (nSPS) is 12.8. The van der Waals surface area contributed by atoms with Gasteiger partial charge in [-0.05, 0) is 32.4 Å². The second-order valence-corrected chi connectivity index (χ2v) is 6.30. The molecule has 0 spiro atoms. The lowest BCUT2D eigenvalue weighted by Gasteiger charge is -2.11. The van der Waals surface area contributed by atoms with E-state index >= 15 is 0 Å². The molecule has 0 aliphatic rings. The van der Waals surface area contributed by atoms with Gasteiger partial charge in [0.05, 0.1) is 35.6 Å². The minimum atomic E-state index is 0.0424. The third-order valence-electron chi connectivity index (χ3n) is 4.38. The molecule has 0 saturated carbocycles. The molecule has 4 aromatic heterocycles. The number of fused-ring (bicyclic) bond motifs is 2. The highest BCUT2D eigenvalue weighted by Crippen LogP contribution is 2.22. The lowest BCUT2D eigenvalue weighted by atomic mass is 10.2. The number of rotatable bonds is 5. The van der Waals surface area contributed by atoms with Crippen molar-refractivity contribution >= 4 is 28.3 Å². The second kappa shape index (κ2) is 6.34. The fraction of sp³-hybridized carbons (Fsp3) is 0.353. The maximum atomic E-state index is 5.35. The smallest absolute Gasteiger partial charge is 0.229 e. The topological polar surface area (TPSA) is 95.0 Å². The van der Waals surface area contributed by atoms with E-state index in [4.69, 9.17) is 4.74 Å². The van der Waals surface area contributed by atoms with Gasteiger partial charge >= 0.3 is 0 Å². The van der Waals surface area contributed by atoms with Crippen molar-refractivity contribution in [2.45, 2.75) is 33.4 Å². The summed E-state index contributed by atoms with van der Waals surface area (Å²) in [5.74, 6) is 0.506. The van der Waals surface area contributed by atoms with Crippen molar-refractivity contribution in [3.8, 4) is 0 Å². The van der Waals surface area contributed by atoms with Crippen molar-refractivity contribution in [2.24, 2.45) is 0 Å². The van der Waals surface area contributed by atoms with Crippen LogP contribution in [0.4, 0.5) is 11.6 Å². The van der Waals surface area contributed by atoms with Crippen molar-refractivity contribution in [3.63, 3.8) is 0 Å². The summed E-state index contributed by atoms with van der Waals surface area (Å²) in [5.41, 5.74) is 4.38. The SMILES string of the molecule is COC(C)Cn1nc(C)c2cnc(Nc3cn4ncnc4cc3C)nc21. The Hall–Kier alpha value is -3.07. The van der Waals surface area contributed by atoms with Gasteiger partial charge in [0, 0.05) is 13.3 Å². The molecule has 1 N–H and O–H groups in total. The third kappa shape index (κ3) is 2.86. The average molecular weight is 352 g/mol. The zero-order valence-corrected chi connectivity index (χ0v) is 15.1. The van der Waals surface area contributed by atoms with Gasteiger partial charge in [0.2, 0.25) is 5.95 Å². The Morgan fingerprint density at radius 2 is 2.12 bits per heavy atom. The minimum absolute atomic E-state index is 0.0424. The molecule has 134 valence electrons. The van der Waals surface area contributed by atoms with E-state index in [1.807, 2.05) is 37.7 Å². The Balaban J connectivity index is 1.71. The molecule has 0 aliphatic carbocycles. The molecule has 0 saturated heterocycles. The van der Waals surface area contributed by atoms with Gasteiger partial charge in [-0.3, -0.25) is 0 Å². The number of nitrogens with zero attached hydrogens (tertiary/aromatic N) is 7. The van der Waals surface area contributed by atoms with Crippen molar-refractivity contribution in [2.75, 3.05) is 12.4 Å². The predicted octanol–water partition coefficient (Wildman–Crippen LogP) is 2.26. The van der Waals surface area contributed by atoms with Crippen LogP contribution in [0.5, 0.6) is 0 Å². The summed E-state index contributed by atoms with van der Waals surface area (Å²) in [6.45, 7) is 6.58. The van der Waals surface area contributed by atoms with Gasteiger partial charge in [-0.1, -0.05) is 0 Å². The van der Waals surface area contributed by atoms with E-state index in [1.54, 1.807) is 17.8 Å². The molecule has 0 aromatic carbocycles. The number of aryl methyl sites for hydroxylation is 2. The highest BCUT2D eigenvalue weighted by Gasteiger charge is 2.13. The first-order chi connectivity index (χ1) is 12.5. The van der Waals surface area contributed by atoms with Gasteiger partial charge < -0.3 is 10.1 Å². The van der Waals surface area contributed by atoms with E-state index in [-0.39, 0.29) is 6.10 Å². The summed E-state index contributed by atoms with van der Waals surface area (Å²) in [5, 5.41) is 12.9. The van der Waals surface area contributed by atoms with Gasteiger partial charge in [0.1, 0.15) is 6.33 Å². The molecular weight excluding hydrogens is 332 g/mol. The molecule has 1 unspecified atom stereocenters. The molecule has 9 heteroatoms. The highest BCUT2D eigenvalue weighted by molar-refractivity contribution is 5.78. The number of hydrogen-bond acceptors (Lipinski definition) is 7. The first-order valence-corrected chi connectivity index (χ1v) is 8.35. The van der Waals surface area contributed by atoms with Crippen molar-refractivity contribution in [1.29, 1.82) is 0 Å². The fourth-order valence-electron chi connectivity index (χ4n) is 2.82. The second-order valence-electron chi connectivity index (χ2n) is 6.30. The van der Waals surface area contributed by atoms with Gasteiger partial charge in [-0.2, -0.15) is 15.2 Å². The van der Waals surface area contributed by atoms with Crippen LogP contribution in [0, 0.1) is 13.8 Å². The Labute approximate surface area is 150 Å². The van der Waals surface area contributed by atoms with Gasteiger partial charge in [-0.15, -0.1) is 0 Å². The molecule has 0 amide bonds. The summed E-state index contributed by atoms with van der Waals surface area (Å²) < 4.78 is 8.92. The number of hydrogen-bond donors (Lipinski definition) is 1. The maximum Gasteiger partial charge on any atom is 0.229 e. The molecule has 4 aromatic rings. The molecule has 0 aliphatic heterocycles. The predicted molar refractivity (Wildman–Crippen MR) is 97.5 cm³/mol. The summed E-state index contributed by atoms with van der Waals surface area (Å²) in [6, 6.07) is 1.96. The largest absolute Gasteiger partial charge is 0.380 e. The quantitative estimate of drug-likeness (QED) is 0.588. The van der Waals surface area contributed by atoms with E-state index < -0.39 is 0 Å². The Morgan fingerprint density at radius 3 is 2.92 bits per heavy atom. The molecule has 26 heavy (non-hydrogen) atoms. The van der Waals surface area contributed by atoms with E-state index in [2.05, 4.69) is 30.5 Å².